The van der Waals surface area contributed by atoms with Crippen LogP contribution in [0.2, 0.25) is 0 Å². The molecule has 0 aliphatic rings. The average Bonchev–Trinajstić information content (AvgIpc) is 2.51. The quantitative estimate of drug-likeness (QED) is 0.318. The van der Waals surface area contributed by atoms with E-state index in [-0.39, 0.29) is 10.7 Å². The summed E-state index contributed by atoms with van der Waals surface area (Å²) in [6, 6.07) is 12.0. The number of aromatic hydroxyl groups is 1. The highest BCUT2D eigenvalue weighted by molar-refractivity contribution is 9.10. The second-order valence-corrected chi connectivity index (χ2v) is 5.63. The summed E-state index contributed by atoms with van der Waals surface area (Å²) in [6.07, 6.45) is 1.24. The third-order valence-corrected chi connectivity index (χ3v) is 3.33. The van der Waals surface area contributed by atoms with Crippen LogP contribution in [-0.2, 0) is 0 Å². The van der Waals surface area contributed by atoms with Crippen molar-refractivity contribution < 1.29 is 10.0 Å². The van der Waals surface area contributed by atoms with Crippen molar-refractivity contribution in [3.05, 3.63) is 62.6 Å². The van der Waals surface area contributed by atoms with Gasteiger partial charge < -0.3 is 10.4 Å². The standard InChI is InChI=1S/C14H11BrN4O3S/c15-10-6-9(13(20)12(7-10)19(21)22)8-16-18-14(23)17-11-4-2-1-3-5-11/h1-8,20H,(H2,17,18,23)/b16-8-. The first kappa shape index (κ1) is 16.8. The zero-order valence-corrected chi connectivity index (χ0v) is 14.0. The summed E-state index contributed by atoms with van der Waals surface area (Å²) in [5.41, 5.74) is 3.13. The van der Waals surface area contributed by atoms with Crippen molar-refractivity contribution in [2.45, 2.75) is 0 Å². The van der Waals surface area contributed by atoms with Gasteiger partial charge in [0.15, 0.2) is 5.11 Å². The summed E-state index contributed by atoms with van der Waals surface area (Å²) >= 11 is 8.21. The Kier molecular flexibility index (Phi) is 5.61. The van der Waals surface area contributed by atoms with E-state index in [4.69, 9.17) is 12.2 Å². The number of nitrogens with one attached hydrogen (secondary N) is 2. The van der Waals surface area contributed by atoms with E-state index in [0.717, 1.165) is 5.69 Å². The van der Waals surface area contributed by atoms with Gasteiger partial charge in [-0.25, -0.2) is 0 Å². The fourth-order valence-corrected chi connectivity index (χ4v) is 2.32. The number of phenols is 1. The van der Waals surface area contributed by atoms with Gasteiger partial charge in [-0.05, 0) is 30.4 Å². The highest BCUT2D eigenvalue weighted by Gasteiger charge is 2.17. The van der Waals surface area contributed by atoms with E-state index in [1.165, 1.54) is 18.3 Å². The topological polar surface area (TPSA) is 99.8 Å². The second-order valence-electron chi connectivity index (χ2n) is 4.31. The van der Waals surface area contributed by atoms with E-state index >= 15 is 0 Å². The lowest BCUT2D eigenvalue weighted by Gasteiger charge is -2.06. The van der Waals surface area contributed by atoms with Crippen LogP contribution in [0.1, 0.15) is 5.56 Å². The highest BCUT2D eigenvalue weighted by Crippen LogP contribution is 2.32. The Balaban J connectivity index is 2.06. The number of nitro groups is 1. The summed E-state index contributed by atoms with van der Waals surface area (Å²) in [4.78, 5) is 10.2. The number of hydrazone groups is 1. The van der Waals surface area contributed by atoms with E-state index in [0.29, 0.717) is 4.47 Å². The minimum Gasteiger partial charge on any atom is -0.502 e. The monoisotopic (exact) mass is 394 g/mol. The molecule has 0 aliphatic heterocycles. The molecule has 0 radical (unpaired) electrons. The number of hydrogen-bond acceptors (Lipinski definition) is 5. The maximum absolute atomic E-state index is 10.8. The summed E-state index contributed by atoms with van der Waals surface area (Å²) in [7, 11) is 0. The molecule has 23 heavy (non-hydrogen) atoms. The first-order chi connectivity index (χ1) is 11.0. The average molecular weight is 395 g/mol. The molecule has 9 heteroatoms. The van der Waals surface area contributed by atoms with Crippen LogP contribution >= 0.6 is 28.1 Å². The van der Waals surface area contributed by atoms with Gasteiger partial charge in [-0.3, -0.25) is 15.5 Å². The third-order valence-electron chi connectivity index (χ3n) is 2.68. The molecule has 2 rings (SSSR count). The molecule has 0 bridgehead atoms. The van der Waals surface area contributed by atoms with Crippen LogP contribution in [0.5, 0.6) is 5.75 Å². The van der Waals surface area contributed by atoms with Crippen LogP contribution in [0.4, 0.5) is 11.4 Å². The van der Waals surface area contributed by atoms with Crippen LogP contribution < -0.4 is 10.7 Å². The van der Waals surface area contributed by atoms with Gasteiger partial charge in [-0.15, -0.1) is 0 Å². The Bertz CT molecular complexity index is 768. The first-order valence-electron chi connectivity index (χ1n) is 6.29. The van der Waals surface area contributed by atoms with Crippen LogP contribution in [0.25, 0.3) is 0 Å². The molecule has 2 aromatic carbocycles. The lowest BCUT2D eigenvalue weighted by Crippen LogP contribution is -2.23. The van der Waals surface area contributed by atoms with Crippen molar-refractivity contribution in [2.75, 3.05) is 5.32 Å². The van der Waals surface area contributed by atoms with Crippen LogP contribution in [-0.4, -0.2) is 21.4 Å². The fraction of sp³-hybridized carbons (Fsp3) is 0. The Morgan fingerprint density at radius 3 is 2.70 bits per heavy atom. The molecular formula is C14H11BrN4O3S. The van der Waals surface area contributed by atoms with E-state index < -0.39 is 16.4 Å². The van der Waals surface area contributed by atoms with Gasteiger partial charge in [0.1, 0.15) is 0 Å². The van der Waals surface area contributed by atoms with Crippen LogP contribution in [0.3, 0.4) is 0 Å². The number of halogens is 1. The number of nitro benzene ring substituents is 1. The van der Waals surface area contributed by atoms with Crippen molar-refractivity contribution >= 4 is 50.8 Å². The lowest BCUT2D eigenvalue weighted by molar-refractivity contribution is -0.385. The molecule has 0 heterocycles. The van der Waals surface area contributed by atoms with E-state index in [1.54, 1.807) is 0 Å². The molecule has 0 spiro atoms. The summed E-state index contributed by atoms with van der Waals surface area (Å²) in [6.45, 7) is 0. The number of nitrogens with zero attached hydrogens (tertiary/aromatic N) is 2. The molecule has 0 amide bonds. The molecular weight excluding hydrogens is 384 g/mol. The minimum atomic E-state index is -0.674. The molecule has 0 saturated carbocycles. The Morgan fingerprint density at radius 2 is 2.04 bits per heavy atom. The summed E-state index contributed by atoms with van der Waals surface area (Å²) in [5.74, 6) is -0.467. The molecule has 118 valence electrons. The second kappa shape index (κ2) is 7.65. The highest BCUT2D eigenvalue weighted by atomic mass is 79.9. The molecule has 0 fully saturated rings. The third kappa shape index (κ3) is 4.73. The van der Waals surface area contributed by atoms with Gasteiger partial charge in [0.2, 0.25) is 5.75 Å². The maximum atomic E-state index is 10.8. The number of anilines is 1. The Labute approximate surface area is 145 Å². The normalized spacial score (nSPS) is 10.5. The number of phenolic OH excluding ortho intramolecular Hbond substituents is 1. The van der Waals surface area contributed by atoms with Gasteiger partial charge in [0, 0.05) is 21.8 Å². The number of thiocarbonyl (C=S) groups is 1. The predicted octanol–water partition coefficient (Wildman–Crippen LogP) is 3.38. The lowest BCUT2D eigenvalue weighted by atomic mass is 10.2. The van der Waals surface area contributed by atoms with Crippen molar-refractivity contribution in [3.8, 4) is 5.75 Å². The smallest absolute Gasteiger partial charge is 0.312 e. The number of rotatable bonds is 4. The summed E-state index contributed by atoms with van der Waals surface area (Å²) < 4.78 is 0.452. The molecule has 2 aromatic rings. The van der Waals surface area contributed by atoms with Crippen molar-refractivity contribution in [2.24, 2.45) is 5.10 Å². The molecule has 0 aromatic heterocycles. The number of benzene rings is 2. The van der Waals surface area contributed by atoms with Gasteiger partial charge in [0.05, 0.1) is 11.1 Å². The first-order valence-corrected chi connectivity index (χ1v) is 7.49. The molecule has 3 N–H and O–H groups in total. The Hall–Kier alpha value is -2.52. The Morgan fingerprint density at radius 1 is 1.35 bits per heavy atom. The predicted molar refractivity (Wildman–Crippen MR) is 95.9 cm³/mol. The van der Waals surface area contributed by atoms with Crippen LogP contribution in [0, 0.1) is 10.1 Å². The van der Waals surface area contributed by atoms with Crippen molar-refractivity contribution in [1.82, 2.24) is 5.43 Å². The van der Waals surface area contributed by atoms with Gasteiger partial charge in [-0.1, -0.05) is 34.1 Å². The number of para-hydroxylation sites is 1. The fourth-order valence-electron chi connectivity index (χ4n) is 1.68. The SMILES string of the molecule is O=[N+]([O-])c1cc(Br)cc(/C=N\NC(=S)Nc2ccccc2)c1O. The van der Waals surface area contributed by atoms with Gasteiger partial charge in [-0.2, -0.15) is 5.10 Å². The maximum Gasteiger partial charge on any atom is 0.312 e. The molecule has 0 saturated heterocycles. The van der Waals surface area contributed by atoms with Gasteiger partial charge >= 0.3 is 5.69 Å². The van der Waals surface area contributed by atoms with Crippen molar-refractivity contribution in [1.29, 1.82) is 0 Å². The van der Waals surface area contributed by atoms with E-state index in [2.05, 4.69) is 31.8 Å². The number of hydrogen-bond donors (Lipinski definition) is 3. The largest absolute Gasteiger partial charge is 0.502 e. The molecule has 0 aliphatic carbocycles. The molecule has 7 nitrogen and oxygen atoms in total. The summed E-state index contributed by atoms with van der Waals surface area (Å²) in [5, 5.41) is 27.7. The zero-order valence-electron chi connectivity index (χ0n) is 11.6. The zero-order chi connectivity index (χ0) is 16.8. The van der Waals surface area contributed by atoms with Crippen LogP contribution in [0.15, 0.2) is 52.0 Å². The van der Waals surface area contributed by atoms with E-state index in [1.807, 2.05) is 30.3 Å². The molecule has 0 atom stereocenters. The minimum absolute atomic E-state index is 0.182. The van der Waals surface area contributed by atoms with Gasteiger partial charge in [0.25, 0.3) is 0 Å². The van der Waals surface area contributed by atoms with E-state index in [9.17, 15) is 15.2 Å². The molecule has 0 unspecified atom stereocenters. The van der Waals surface area contributed by atoms with Crippen molar-refractivity contribution in [3.63, 3.8) is 0 Å².